The van der Waals surface area contributed by atoms with Gasteiger partial charge < -0.3 is 19.9 Å². The van der Waals surface area contributed by atoms with E-state index in [9.17, 15) is 4.79 Å². The predicted molar refractivity (Wildman–Crippen MR) is 210 cm³/mol. The maximum Gasteiger partial charge on any atom is 0.145 e. The molecule has 0 amide bonds. The van der Waals surface area contributed by atoms with Crippen molar-refractivity contribution < 1.29 is 4.79 Å². The van der Waals surface area contributed by atoms with E-state index in [0.717, 1.165) is 112 Å². The summed E-state index contributed by atoms with van der Waals surface area (Å²) in [6, 6.07) is 33.1. The van der Waals surface area contributed by atoms with Crippen LogP contribution in [0.3, 0.4) is 0 Å². The summed E-state index contributed by atoms with van der Waals surface area (Å²) in [6.07, 6.45) is 8.43. The molecule has 9 nitrogen and oxygen atoms in total. The van der Waals surface area contributed by atoms with Gasteiger partial charge in [-0.3, -0.25) is 4.79 Å². The molecular weight excluding hydrogens is 657 g/mol. The Morgan fingerprint density at radius 2 is 0.736 bits per heavy atom. The molecule has 0 fully saturated rings. The van der Waals surface area contributed by atoms with Gasteiger partial charge >= 0.3 is 0 Å². The number of Topliss-reactive ketones (excluding diaryl/α,β-unsaturated/α-hetero) is 1. The predicted octanol–water partition coefficient (Wildman–Crippen LogP) is 9.02. The summed E-state index contributed by atoms with van der Waals surface area (Å²) in [5.41, 5.74) is 18.4. The number of ketones is 1. The molecule has 6 aromatic rings. The fourth-order valence-electron chi connectivity index (χ4n) is 8.70. The third-order valence-corrected chi connectivity index (χ3v) is 10.8. The van der Waals surface area contributed by atoms with Crippen molar-refractivity contribution in [1.29, 1.82) is 0 Å². The van der Waals surface area contributed by atoms with Crippen LogP contribution in [0.15, 0.2) is 97.1 Å². The first-order valence-electron chi connectivity index (χ1n) is 17.8. The van der Waals surface area contributed by atoms with Crippen LogP contribution >= 0.6 is 0 Å². The van der Waals surface area contributed by atoms with Crippen molar-refractivity contribution in [2.45, 2.75) is 6.42 Å². The lowest BCUT2D eigenvalue weighted by Gasteiger charge is -2.38. The molecule has 4 N–H and O–H groups in total. The Labute approximate surface area is 301 Å². The lowest BCUT2D eigenvalue weighted by Crippen LogP contribution is -2.32. The zero-order chi connectivity index (χ0) is 34.8. The van der Waals surface area contributed by atoms with Crippen LogP contribution < -0.4 is 0 Å². The molecule has 7 aliphatic rings. The van der Waals surface area contributed by atoms with Crippen LogP contribution in [0.2, 0.25) is 0 Å². The number of fused-ring (bicyclic) bond motifs is 17. The van der Waals surface area contributed by atoms with Gasteiger partial charge in [0.2, 0.25) is 0 Å². The Balaban J connectivity index is 1.12. The van der Waals surface area contributed by atoms with Crippen LogP contribution in [0.4, 0.5) is 0 Å². The summed E-state index contributed by atoms with van der Waals surface area (Å²) in [6.45, 7) is 0. The smallest absolute Gasteiger partial charge is 0.145 e. The van der Waals surface area contributed by atoms with Crippen LogP contribution in [0, 0.1) is 11.8 Å². The highest BCUT2D eigenvalue weighted by Gasteiger charge is 2.51. The molecule has 53 heavy (non-hydrogen) atoms. The zero-order valence-corrected chi connectivity index (χ0v) is 28.1. The summed E-state index contributed by atoms with van der Waals surface area (Å²) in [5, 5.41) is 0. The molecule has 0 radical (unpaired) electrons. The van der Waals surface area contributed by atoms with Crippen molar-refractivity contribution in [3.63, 3.8) is 0 Å². The highest BCUT2D eigenvalue weighted by molar-refractivity contribution is 6.24. The minimum absolute atomic E-state index is 0.182. The van der Waals surface area contributed by atoms with E-state index in [1.165, 1.54) is 0 Å². The second-order valence-electron chi connectivity index (χ2n) is 14.3. The van der Waals surface area contributed by atoms with E-state index in [-0.39, 0.29) is 11.7 Å². The summed E-state index contributed by atoms with van der Waals surface area (Å²) in [5.74, 6) is -0.555. The molecule has 250 valence electrons. The Kier molecular flexibility index (Phi) is 5.63. The molecule has 0 atom stereocenters. The molecule has 0 aromatic carbocycles. The molecule has 0 saturated heterocycles. The Morgan fingerprint density at radius 3 is 1.15 bits per heavy atom. The molecule has 13 rings (SSSR count). The SMILES string of the molecule is O=C1CC2C3=C(c4cc5nc(cc6ccc(cc7ccc(cc3n4)[nH]7)[nH]6)C=C5)C1C1=C2c2cc3ccc(cc4ccc(cc5nc(cc1n2)C=C5)[nH]4)[nH]3. The van der Waals surface area contributed by atoms with Crippen LogP contribution in [0.25, 0.3) is 90.7 Å². The molecule has 9 heteroatoms. The van der Waals surface area contributed by atoms with Gasteiger partial charge in [-0.2, -0.15) is 0 Å². The fourth-order valence-corrected chi connectivity index (χ4v) is 8.70. The molecule has 0 unspecified atom stereocenters. The van der Waals surface area contributed by atoms with E-state index >= 15 is 0 Å². The van der Waals surface area contributed by atoms with E-state index in [2.05, 4.69) is 92.7 Å². The topological polar surface area (TPSA) is 132 Å². The number of aromatic nitrogens is 8. The highest BCUT2D eigenvalue weighted by atomic mass is 16.1. The van der Waals surface area contributed by atoms with Gasteiger partial charge in [0.15, 0.2) is 0 Å². The lowest BCUT2D eigenvalue weighted by atomic mass is 9.62. The van der Waals surface area contributed by atoms with Crippen molar-refractivity contribution in [1.82, 2.24) is 39.9 Å². The normalized spacial score (nSPS) is 18.2. The first-order valence-corrected chi connectivity index (χ1v) is 17.8. The van der Waals surface area contributed by atoms with Crippen LogP contribution in [0.1, 0.15) is 52.0 Å². The highest BCUT2D eigenvalue weighted by Crippen LogP contribution is 2.61. The van der Waals surface area contributed by atoms with Gasteiger partial charge in [-0.1, -0.05) is 0 Å². The minimum Gasteiger partial charge on any atom is -0.355 e. The van der Waals surface area contributed by atoms with Gasteiger partial charge in [-0.15, -0.1) is 0 Å². The molecular formula is C44H28N8O. The van der Waals surface area contributed by atoms with Gasteiger partial charge in [0, 0.05) is 56.5 Å². The first kappa shape index (κ1) is 28.6. The molecule has 4 aliphatic heterocycles. The summed E-state index contributed by atoms with van der Waals surface area (Å²) in [7, 11) is 0. The Morgan fingerprint density at radius 1 is 0.396 bits per heavy atom. The molecule has 0 saturated carbocycles. The third kappa shape index (κ3) is 4.53. The quantitative estimate of drug-likeness (QED) is 0.127. The van der Waals surface area contributed by atoms with Crippen molar-refractivity contribution in [3.05, 3.63) is 143 Å². The van der Waals surface area contributed by atoms with E-state index in [0.29, 0.717) is 6.42 Å². The largest absolute Gasteiger partial charge is 0.355 e. The summed E-state index contributed by atoms with van der Waals surface area (Å²) in [4.78, 5) is 48.8. The number of nitrogens with zero attached hydrogens (tertiary/aromatic N) is 4. The van der Waals surface area contributed by atoms with Crippen LogP contribution in [-0.2, 0) is 4.79 Å². The number of H-pyrrole nitrogens is 4. The number of nitrogens with one attached hydrogen (secondary N) is 4. The Hall–Kier alpha value is -7.13. The number of hydrogen-bond acceptors (Lipinski definition) is 5. The van der Waals surface area contributed by atoms with E-state index in [1.807, 2.05) is 48.6 Å². The summed E-state index contributed by atoms with van der Waals surface area (Å²) >= 11 is 0. The molecule has 18 bridgehead atoms. The van der Waals surface area contributed by atoms with Gasteiger partial charge in [-0.05, 0) is 144 Å². The van der Waals surface area contributed by atoms with Crippen molar-refractivity contribution in [2.24, 2.45) is 11.8 Å². The van der Waals surface area contributed by atoms with E-state index in [1.54, 1.807) is 0 Å². The van der Waals surface area contributed by atoms with E-state index < -0.39 is 5.92 Å². The number of aromatic amines is 4. The monoisotopic (exact) mass is 684 g/mol. The van der Waals surface area contributed by atoms with Gasteiger partial charge in [0.05, 0.1) is 51.5 Å². The standard InChI is InChI=1S/C44H28N8O/c53-39-21-34-40-35-17-30-9-5-26(47-30)13-22-1-3-24(45-22)15-28-7-11-32(49-28)19-37(51-35)42(40)44(39)43-38-20-33-12-8-29(50-33)16-25-4-2-23(46-25)14-27-6-10-31(48-27)18-36(52-38)41(34)43/h1-20,34,44-48H,21H2. The second-order valence-corrected chi connectivity index (χ2v) is 14.3. The van der Waals surface area contributed by atoms with Crippen LogP contribution in [0.5, 0.6) is 0 Å². The maximum absolute atomic E-state index is 14.3. The fraction of sp³-hybridized carbons (Fsp3) is 0.0682. The van der Waals surface area contributed by atoms with Gasteiger partial charge in [0.1, 0.15) is 5.78 Å². The van der Waals surface area contributed by atoms with Crippen LogP contribution in [-0.4, -0.2) is 45.7 Å². The maximum atomic E-state index is 14.3. The van der Waals surface area contributed by atoms with Crippen molar-refractivity contribution in [2.75, 3.05) is 0 Å². The molecule has 6 aromatic heterocycles. The number of carbonyl (C=O) groups is 1. The molecule has 10 heterocycles. The van der Waals surface area contributed by atoms with E-state index in [4.69, 9.17) is 19.9 Å². The minimum atomic E-state index is -0.521. The average molecular weight is 685 g/mol. The van der Waals surface area contributed by atoms with Gasteiger partial charge in [-0.25, -0.2) is 19.9 Å². The average Bonchev–Trinajstić information content (AvgIpc) is 3.98. The Bertz CT molecular complexity index is 2940. The van der Waals surface area contributed by atoms with Gasteiger partial charge in [0.25, 0.3) is 0 Å². The number of carbonyl (C=O) groups excluding carboxylic acids is 1. The lowest BCUT2D eigenvalue weighted by molar-refractivity contribution is -0.120. The summed E-state index contributed by atoms with van der Waals surface area (Å²) < 4.78 is 0. The number of hydrogen-bond donors (Lipinski definition) is 4. The number of rotatable bonds is 0. The van der Waals surface area contributed by atoms with Crippen molar-refractivity contribution in [3.8, 4) is 0 Å². The zero-order valence-electron chi connectivity index (χ0n) is 28.1. The number of allylic oxidation sites excluding steroid dienone is 4. The third-order valence-electron chi connectivity index (χ3n) is 10.8. The van der Waals surface area contributed by atoms with Crippen molar-refractivity contribution >= 4 is 96.5 Å². The molecule has 0 spiro atoms. The second kappa shape index (κ2) is 10.5. The first-order chi connectivity index (χ1) is 26.0. The molecule has 3 aliphatic carbocycles.